The number of likely N-dealkylation sites (tertiary alicyclic amines) is 1. The van der Waals surface area contributed by atoms with Gasteiger partial charge in [0.2, 0.25) is 15.9 Å². The molecule has 0 radical (unpaired) electrons. The zero-order valence-corrected chi connectivity index (χ0v) is 17.4. The van der Waals surface area contributed by atoms with E-state index in [0.29, 0.717) is 5.69 Å². The third kappa shape index (κ3) is 7.36. The lowest BCUT2D eigenvalue weighted by Crippen LogP contribution is -2.46. The number of anilines is 1. The number of hydrogen-bond donors (Lipinski definition) is 2. The molecule has 1 saturated heterocycles. The minimum atomic E-state index is -3.29. The average molecular weight is 414 g/mol. The van der Waals surface area contributed by atoms with Gasteiger partial charge in [0.05, 0.1) is 6.26 Å². The number of nitrogens with zero attached hydrogens (tertiary/aromatic N) is 1. The van der Waals surface area contributed by atoms with E-state index in [1.807, 2.05) is 18.2 Å². The van der Waals surface area contributed by atoms with Crippen LogP contribution in [-0.4, -0.2) is 44.6 Å². The summed E-state index contributed by atoms with van der Waals surface area (Å²) in [5, 5.41) is 3.09. The molecule has 1 aliphatic rings. The van der Waals surface area contributed by atoms with Gasteiger partial charge in [-0.3, -0.25) is 14.4 Å². The van der Waals surface area contributed by atoms with Crippen LogP contribution in [0.25, 0.3) is 6.08 Å². The van der Waals surface area contributed by atoms with Crippen molar-refractivity contribution in [1.82, 2.24) is 10.2 Å². The Bertz CT molecular complexity index is 941. The molecule has 0 spiro atoms. The molecule has 154 valence electrons. The van der Waals surface area contributed by atoms with Crippen LogP contribution in [0.15, 0.2) is 60.7 Å². The Morgan fingerprint density at radius 2 is 1.86 bits per heavy atom. The molecule has 6 nitrogen and oxygen atoms in total. The molecule has 7 heteroatoms. The van der Waals surface area contributed by atoms with Crippen LogP contribution in [0.5, 0.6) is 0 Å². The summed E-state index contributed by atoms with van der Waals surface area (Å²) in [6.07, 6.45) is 6.41. The summed E-state index contributed by atoms with van der Waals surface area (Å²) in [6, 6.07) is 17.4. The van der Waals surface area contributed by atoms with E-state index in [2.05, 4.69) is 27.1 Å². The number of carbonyl (C=O) groups excluding carboxylic acids is 1. The maximum absolute atomic E-state index is 12.3. The lowest BCUT2D eigenvalue weighted by molar-refractivity contribution is -0.117. The van der Waals surface area contributed by atoms with Crippen molar-refractivity contribution in [3.8, 4) is 0 Å². The maximum Gasteiger partial charge on any atom is 0.244 e. The second-order valence-corrected chi connectivity index (χ2v) is 9.15. The zero-order chi connectivity index (χ0) is 20.7. The van der Waals surface area contributed by atoms with Crippen molar-refractivity contribution in [1.29, 1.82) is 0 Å². The third-order valence-corrected chi connectivity index (χ3v) is 5.35. The molecule has 0 aromatic heterocycles. The summed E-state index contributed by atoms with van der Waals surface area (Å²) in [4.78, 5) is 14.7. The number of sulfonamides is 1. The molecule has 3 rings (SSSR count). The largest absolute Gasteiger partial charge is 0.349 e. The standard InChI is InChI=1S/C22H27N3O3S/c1-29(27,28)24-20-12-9-18(10-13-20)11-14-22(26)23-21-8-5-15-25(17-21)16-19-6-3-2-4-7-19/h2-4,6-7,9-14,21,24H,5,8,15-17H2,1H3,(H,23,26)/b14-11+/t21-/m1/s1. The zero-order valence-electron chi connectivity index (χ0n) is 16.5. The number of hydrogen-bond acceptors (Lipinski definition) is 4. The van der Waals surface area contributed by atoms with Crippen LogP contribution in [0.4, 0.5) is 5.69 Å². The molecule has 0 aliphatic carbocycles. The Kier molecular flexibility index (Phi) is 7.06. The van der Waals surface area contributed by atoms with E-state index < -0.39 is 10.0 Å². The highest BCUT2D eigenvalue weighted by Gasteiger charge is 2.20. The maximum atomic E-state index is 12.3. The lowest BCUT2D eigenvalue weighted by atomic mass is 10.0. The summed E-state index contributed by atoms with van der Waals surface area (Å²) in [5.74, 6) is -0.116. The minimum absolute atomic E-state index is 0.116. The highest BCUT2D eigenvalue weighted by atomic mass is 32.2. The fraction of sp³-hybridized carbons (Fsp3) is 0.318. The van der Waals surface area contributed by atoms with Crippen molar-refractivity contribution in [3.05, 3.63) is 71.8 Å². The Labute approximate surface area is 172 Å². The van der Waals surface area contributed by atoms with Gasteiger partial charge >= 0.3 is 0 Å². The molecule has 0 unspecified atom stereocenters. The van der Waals surface area contributed by atoms with E-state index in [-0.39, 0.29) is 11.9 Å². The van der Waals surface area contributed by atoms with Gasteiger partial charge in [-0.2, -0.15) is 0 Å². The first-order chi connectivity index (χ1) is 13.9. The number of amides is 1. The van der Waals surface area contributed by atoms with Gasteiger partial charge in [-0.05, 0) is 48.7 Å². The molecule has 1 amide bonds. The van der Waals surface area contributed by atoms with Crippen molar-refractivity contribution in [3.63, 3.8) is 0 Å². The number of rotatable bonds is 7. The summed E-state index contributed by atoms with van der Waals surface area (Å²) < 4.78 is 24.9. The van der Waals surface area contributed by atoms with Gasteiger partial charge in [0.15, 0.2) is 0 Å². The first-order valence-electron chi connectivity index (χ1n) is 9.70. The van der Waals surface area contributed by atoms with Gasteiger partial charge in [-0.15, -0.1) is 0 Å². The van der Waals surface area contributed by atoms with Crippen LogP contribution in [0.2, 0.25) is 0 Å². The quantitative estimate of drug-likeness (QED) is 0.684. The van der Waals surface area contributed by atoms with Crippen LogP contribution in [0.1, 0.15) is 24.0 Å². The van der Waals surface area contributed by atoms with E-state index in [0.717, 1.165) is 44.3 Å². The molecule has 1 aliphatic heterocycles. The normalized spacial score (nSPS) is 17.9. The molecular formula is C22H27N3O3S. The van der Waals surface area contributed by atoms with Gasteiger partial charge < -0.3 is 5.32 Å². The number of piperidine rings is 1. The summed E-state index contributed by atoms with van der Waals surface area (Å²) >= 11 is 0. The smallest absolute Gasteiger partial charge is 0.244 e. The van der Waals surface area contributed by atoms with Crippen molar-refractivity contribution in [2.75, 3.05) is 24.1 Å². The first kappa shape index (κ1) is 21.1. The highest BCUT2D eigenvalue weighted by molar-refractivity contribution is 7.92. The first-order valence-corrected chi connectivity index (χ1v) is 11.6. The molecular weight excluding hydrogens is 386 g/mol. The fourth-order valence-corrected chi connectivity index (χ4v) is 4.02. The van der Waals surface area contributed by atoms with Crippen molar-refractivity contribution in [2.45, 2.75) is 25.4 Å². The molecule has 2 N–H and O–H groups in total. The van der Waals surface area contributed by atoms with Gasteiger partial charge in [0.25, 0.3) is 0 Å². The number of carbonyl (C=O) groups is 1. The Hall–Kier alpha value is -2.64. The molecule has 29 heavy (non-hydrogen) atoms. The number of nitrogens with one attached hydrogen (secondary N) is 2. The Morgan fingerprint density at radius 3 is 2.55 bits per heavy atom. The van der Waals surface area contributed by atoms with Crippen molar-refractivity contribution < 1.29 is 13.2 Å². The molecule has 2 aromatic carbocycles. The van der Waals surface area contributed by atoms with Gasteiger partial charge in [0.1, 0.15) is 0 Å². The fourth-order valence-electron chi connectivity index (χ4n) is 3.46. The van der Waals surface area contributed by atoms with Crippen LogP contribution < -0.4 is 10.0 Å². The molecule has 1 heterocycles. The molecule has 1 atom stereocenters. The Morgan fingerprint density at radius 1 is 1.14 bits per heavy atom. The lowest BCUT2D eigenvalue weighted by Gasteiger charge is -2.33. The van der Waals surface area contributed by atoms with Crippen LogP contribution in [-0.2, 0) is 21.4 Å². The second-order valence-electron chi connectivity index (χ2n) is 7.40. The molecule has 1 fully saturated rings. The van der Waals surface area contributed by atoms with Crippen LogP contribution in [0, 0.1) is 0 Å². The van der Waals surface area contributed by atoms with Gasteiger partial charge in [-0.25, -0.2) is 8.42 Å². The Balaban J connectivity index is 1.49. The molecule has 0 bridgehead atoms. The van der Waals surface area contributed by atoms with Gasteiger partial charge in [-0.1, -0.05) is 42.5 Å². The predicted molar refractivity (Wildman–Crippen MR) is 117 cm³/mol. The SMILES string of the molecule is CS(=O)(=O)Nc1ccc(/C=C/C(=O)N[C@@H]2CCCN(Cc3ccccc3)C2)cc1. The third-order valence-electron chi connectivity index (χ3n) is 4.74. The minimum Gasteiger partial charge on any atom is -0.349 e. The highest BCUT2D eigenvalue weighted by Crippen LogP contribution is 2.14. The van der Waals surface area contributed by atoms with Crippen LogP contribution in [0.3, 0.4) is 0 Å². The van der Waals surface area contributed by atoms with E-state index in [4.69, 9.17) is 0 Å². The van der Waals surface area contributed by atoms with E-state index >= 15 is 0 Å². The molecule has 2 aromatic rings. The van der Waals surface area contributed by atoms with Crippen LogP contribution >= 0.6 is 0 Å². The summed E-state index contributed by atoms with van der Waals surface area (Å²) in [6.45, 7) is 2.79. The van der Waals surface area contributed by atoms with Gasteiger partial charge in [0, 0.05) is 30.9 Å². The average Bonchev–Trinajstić information content (AvgIpc) is 2.67. The van der Waals surface area contributed by atoms with E-state index in [9.17, 15) is 13.2 Å². The van der Waals surface area contributed by atoms with Crippen molar-refractivity contribution >= 4 is 27.7 Å². The number of benzene rings is 2. The topological polar surface area (TPSA) is 78.5 Å². The monoisotopic (exact) mass is 413 g/mol. The molecule has 0 saturated carbocycles. The van der Waals surface area contributed by atoms with E-state index in [1.165, 1.54) is 11.6 Å². The van der Waals surface area contributed by atoms with Crippen molar-refractivity contribution in [2.24, 2.45) is 0 Å². The summed E-state index contributed by atoms with van der Waals surface area (Å²) in [7, 11) is -3.29. The predicted octanol–water partition coefficient (Wildman–Crippen LogP) is 2.85. The summed E-state index contributed by atoms with van der Waals surface area (Å²) in [5.41, 5.74) is 2.61. The van der Waals surface area contributed by atoms with E-state index in [1.54, 1.807) is 30.3 Å². The second kappa shape index (κ2) is 9.71.